The van der Waals surface area contributed by atoms with E-state index in [0.29, 0.717) is 6.61 Å². The highest BCUT2D eigenvalue weighted by Gasteiger charge is 2.15. The molecule has 0 amide bonds. The molecule has 0 radical (unpaired) electrons. The summed E-state index contributed by atoms with van der Waals surface area (Å²) < 4.78 is 7.36. The summed E-state index contributed by atoms with van der Waals surface area (Å²) in [6.07, 6.45) is 11.4. The summed E-state index contributed by atoms with van der Waals surface area (Å²) in [6.45, 7) is 2.73. The number of nitrogens with zero attached hydrogens (tertiary/aromatic N) is 4. The molecule has 0 aliphatic heterocycles. The van der Waals surface area contributed by atoms with E-state index in [1.54, 1.807) is 41.7 Å². The highest BCUT2D eigenvalue weighted by Crippen LogP contribution is 2.25. The Morgan fingerprint density at radius 1 is 1.24 bits per heavy atom. The Kier molecular flexibility index (Phi) is 3.79. The third-order valence-corrected chi connectivity index (χ3v) is 3.26. The van der Waals surface area contributed by atoms with Crippen molar-refractivity contribution in [2.75, 3.05) is 6.61 Å². The quantitative estimate of drug-likeness (QED) is 0.774. The number of rotatable bonds is 5. The lowest BCUT2D eigenvalue weighted by molar-refractivity contribution is 0.315. The van der Waals surface area contributed by atoms with Crippen LogP contribution in [0.15, 0.2) is 43.2 Å². The maximum atomic E-state index is 6.35. The van der Waals surface area contributed by atoms with Crippen molar-refractivity contribution in [3.63, 3.8) is 0 Å². The normalized spacial score (nSPS) is 12.5. The minimum Gasteiger partial charge on any atom is -0.492 e. The van der Waals surface area contributed by atoms with Crippen LogP contribution in [0.1, 0.15) is 30.5 Å². The second kappa shape index (κ2) is 5.88. The number of hydrogen-bond acceptors (Lipinski definition) is 5. The maximum Gasteiger partial charge on any atom is 0.137 e. The lowest BCUT2D eigenvalue weighted by Gasteiger charge is -2.12. The van der Waals surface area contributed by atoms with Gasteiger partial charge in [-0.05, 0) is 18.1 Å². The van der Waals surface area contributed by atoms with Crippen molar-refractivity contribution in [3.05, 3.63) is 54.4 Å². The molecular formula is C15H17N5O. The van der Waals surface area contributed by atoms with Gasteiger partial charge in [-0.2, -0.15) is 5.10 Å². The molecule has 0 saturated heterocycles. The fourth-order valence-electron chi connectivity index (χ4n) is 2.18. The molecular weight excluding hydrogens is 266 g/mol. The van der Waals surface area contributed by atoms with Crippen LogP contribution in [0.3, 0.4) is 0 Å². The molecule has 6 heteroatoms. The molecule has 1 atom stereocenters. The van der Waals surface area contributed by atoms with E-state index in [4.69, 9.17) is 10.5 Å². The van der Waals surface area contributed by atoms with Gasteiger partial charge in [0.15, 0.2) is 0 Å². The smallest absolute Gasteiger partial charge is 0.137 e. The first kappa shape index (κ1) is 13.5. The predicted octanol–water partition coefficient (Wildman–Crippen LogP) is 1.96. The lowest BCUT2D eigenvalue weighted by atomic mass is 10.0. The third kappa shape index (κ3) is 2.71. The molecule has 108 valence electrons. The van der Waals surface area contributed by atoms with E-state index in [0.717, 1.165) is 28.8 Å². The summed E-state index contributed by atoms with van der Waals surface area (Å²) >= 11 is 0. The SMILES string of the molecule is CCCOc1cncc(C(N)c2cnn3ccncc23)c1. The topological polar surface area (TPSA) is 78.3 Å². The molecule has 2 N–H and O–H groups in total. The van der Waals surface area contributed by atoms with Crippen LogP contribution in [-0.2, 0) is 0 Å². The van der Waals surface area contributed by atoms with Crippen LogP contribution in [0.2, 0.25) is 0 Å². The number of fused-ring (bicyclic) bond motifs is 1. The monoisotopic (exact) mass is 283 g/mol. The number of pyridine rings is 1. The second-order valence-electron chi connectivity index (χ2n) is 4.79. The molecule has 3 heterocycles. The van der Waals surface area contributed by atoms with Crippen LogP contribution >= 0.6 is 0 Å². The van der Waals surface area contributed by atoms with E-state index in [2.05, 4.69) is 22.0 Å². The standard InChI is InChI=1S/C15H17N5O/c1-2-5-21-12-6-11(7-18-8-12)15(16)13-9-19-20-4-3-17-10-14(13)20/h3-4,6-10,15H,2,5,16H2,1H3. The van der Waals surface area contributed by atoms with Crippen LogP contribution in [0, 0.1) is 0 Å². The van der Waals surface area contributed by atoms with Gasteiger partial charge in [0.25, 0.3) is 0 Å². The molecule has 21 heavy (non-hydrogen) atoms. The molecule has 0 aliphatic rings. The number of ether oxygens (including phenoxy) is 1. The van der Waals surface area contributed by atoms with Crippen molar-refractivity contribution in [1.29, 1.82) is 0 Å². The Hall–Kier alpha value is -2.47. The molecule has 0 saturated carbocycles. The highest BCUT2D eigenvalue weighted by molar-refractivity contribution is 5.55. The summed E-state index contributed by atoms with van der Waals surface area (Å²) in [5.41, 5.74) is 9.05. The van der Waals surface area contributed by atoms with Gasteiger partial charge < -0.3 is 10.5 Å². The molecule has 0 aliphatic carbocycles. The van der Waals surface area contributed by atoms with E-state index in [1.165, 1.54) is 0 Å². The fourth-order valence-corrected chi connectivity index (χ4v) is 2.18. The average Bonchev–Trinajstić information content (AvgIpc) is 2.96. The maximum absolute atomic E-state index is 6.35. The number of nitrogens with two attached hydrogens (primary N) is 1. The summed E-state index contributed by atoms with van der Waals surface area (Å²) in [6, 6.07) is 1.61. The van der Waals surface area contributed by atoms with Crippen molar-refractivity contribution in [1.82, 2.24) is 19.6 Å². The predicted molar refractivity (Wildman–Crippen MR) is 79.0 cm³/mol. The molecule has 0 fully saturated rings. The highest BCUT2D eigenvalue weighted by atomic mass is 16.5. The fraction of sp³-hybridized carbons (Fsp3) is 0.267. The molecule has 0 aromatic carbocycles. The Morgan fingerprint density at radius 2 is 2.14 bits per heavy atom. The van der Waals surface area contributed by atoms with Gasteiger partial charge in [-0.1, -0.05) is 6.92 Å². The van der Waals surface area contributed by atoms with Crippen LogP contribution < -0.4 is 10.5 Å². The van der Waals surface area contributed by atoms with Gasteiger partial charge in [0.1, 0.15) is 5.75 Å². The molecule has 3 aromatic heterocycles. The van der Waals surface area contributed by atoms with Crippen molar-refractivity contribution in [3.8, 4) is 5.75 Å². The molecule has 6 nitrogen and oxygen atoms in total. The van der Waals surface area contributed by atoms with E-state index in [-0.39, 0.29) is 6.04 Å². The van der Waals surface area contributed by atoms with Crippen LogP contribution in [-0.4, -0.2) is 26.2 Å². The summed E-state index contributed by atoms with van der Waals surface area (Å²) in [7, 11) is 0. The first-order valence-corrected chi connectivity index (χ1v) is 6.90. The Bertz CT molecular complexity index is 740. The molecule has 0 spiro atoms. The van der Waals surface area contributed by atoms with E-state index >= 15 is 0 Å². The minimum atomic E-state index is -0.315. The largest absolute Gasteiger partial charge is 0.492 e. The van der Waals surface area contributed by atoms with Crippen LogP contribution in [0.4, 0.5) is 0 Å². The van der Waals surface area contributed by atoms with Gasteiger partial charge in [0.2, 0.25) is 0 Å². The van der Waals surface area contributed by atoms with Crippen molar-refractivity contribution >= 4 is 5.52 Å². The first-order valence-electron chi connectivity index (χ1n) is 6.90. The number of aromatic nitrogens is 4. The third-order valence-electron chi connectivity index (χ3n) is 3.26. The zero-order valence-corrected chi connectivity index (χ0v) is 11.8. The number of hydrogen-bond donors (Lipinski definition) is 1. The van der Waals surface area contributed by atoms with Gasteiger partial charge in [-0.25, -0.2) is 4.52 Å². The first-order chi connectivity index (χ1) is 10.3. The van der Waals surface area contributed by atoms with Gasteiger partial charge >= 0.3 is 0 Å². The Labute approximate surface area is 122 Å². The van der Waals surface area contributed by atoms with Gasteiger partial charge in [0, 0.05) is 24.2 Å². The van der Waals surface area contributed by atoms with Gasteiger partial charge in [-0.3, -0.25) is 9.97 Å². The zero-order valence-electron chi connectivity index (χ0n) is 11.8. The minimum absolute atomic E-state index is 0.315. The second-order valence-corrected chi connectivity index (χ2v) is 4.79. The van der Waals surface area contributed by atoms with Crippen LogP contribution in [0.5, 0.6) is 5.75 Å². The Morgan fingerprint density at radius 3 is 3.00 bits per heavy atom. The summed E-state index contributed by atoms with van der Waals surface area (Å²) in [5, 5.41) is 4.28. The van der Waals surface area contributed by atoms with E-state index in [1.807, 2.05) is 6.07 Å². The summed E-state index contributed by atoms with van der Waals surface area (Å²) in [4.78, 5) is 8.32. The lowest BCUT2D eigenvalue weighted by Crippen LogP contribution is -2.12. The van der Waals surface area contributed by atoms with Crippen molar-refractivity contribution < 1.29 is 4.74 Å². The zero-order chi connectivity index (χ0) is 14.7. The molecule has 3 rings (SSSR count). The summed E-state index contributed by atoms with van der Waals surface area (Å²) in [5.74, 6) is 0.736. The molecule has 0 bridgehead atoms. The average molecular weight is 283 g/mol. The van der Waals surface area contributed by atoms with Gasteiger partial charge in [-0.15, -0.1) is 0 Å². The van der Waals surface area contributed by atoms with Crippen LogP contribution in [0.25, 0.3) is 5.52 Å². The molecule has 3 aromatic rings. The van der Waals surface area contributed by atoms with E-state index < -0.39 is 0 Å². The van der Waals surface area contributed by atoms with Gasteiger partial charge in [0.05, 0.1) is 36.8 Å². The Balaban J connectivity index is 1.92. The van der Waals surface area contributed by atoms with Crippen molar-refractivity contribution in [2.45, 2.75) is 19.4 Å². The van der Waals surface area contributed by atoms with Crippen molar-refractivity contribution in [2.24, 2.45) is 5.73 Å². The van der Waals surface area contributed by atoms with E-state index in [9.17, 15) is 0 Å². The molecule has 1 unspecified atom stereocenters.